The van der Waals surface area contributed by atoms with Gasteiger partial charge in [0.05, 0.1) is 6.54 Å². The topological polar surface area (TPSA) is 50.9 Å². The van der Waals surface area contributed by atoms with Crippen LogP contribution in [0.4, 0.5) is 0 Å². The molecule has 0 bridgehead atoms. The van der Waals surface area contributed by atoms with Gasteiger partial charge in [0, 0.05) is 13.1 Å². The Kier molecular flexibility index (Phi) is 5.90. The second-order valence-corrected chi connectivity index (χ2v) is 5.83. The minimum atomic E-state index is 0.461. The molecule has 1 fully saturated rings. The van der Waals surface area contributed by atoms with Gasteiger partial charge >= 0.3 is 0 Å². The van der Waals surface area contributed by atoms with Crippen LogP contribution in [-0.2, 0) is 0 Å². The van der Waals surface area contributed by atoms with Crippen molar-refractivity contribution in [2.75, 3.05) is 26.2 Å². The standard InChI is InChI=1S/C17H27N3O/c1-14(2)15-8-4-5-9-16(15)21-13-10-19-17(18)20-11-6-3-7-12-20/h4-5,8-9,14H,3,6-7,10-13H2,1-2H3,(H2,18,19). The number of benzene rings is 1. The van der Waals surface area contributed by atoms with E-state index in [0.717, 1.165) is 18.8 Å². The Labute approximate surface area is 128 Å². The Morgan fingerprint density at radius 1 is 1.24 bits per heavy atom. The number of rotatable bonds is 5. The second-order valence-electron chi connectivity index (χ2n) is 5.83. The first kappa shape index (κ1) is 15.7. The van der Waals surface area contributed by atoms with Crippen molar-refractivity contribution in [3.8, 4) is 5.75 Å². The molecule has 0 aromatic heterocycles. The van der Waals surface area contributed by atoms with Gasteiger partial charge in [0.25, 0.3) is 0 Å². The summed E-state index contributed by atoms with van der Waals surface area (Å²) in [7, 11) is 0. The first-order valence-electron chi connectivity index (χ1n) is 7.95. The van der Waals surface area contributed by atoms with Crippen molar-refractivity contribution in [1.82, 2.24) is 4.90 Å². The van der Waals surface area contributed by atoms with Crippen LogP contribution in [0.3, 0.4) is 0 Å². The molecule has 1 aliphatic rings. The first-order chi connectivity index (χ1) is 10.2. The van der Waals surface area contributed by atoms with Crippen molar-refractivity contribution in [3.63, 3.8) is 0 Å². The fraction of sp³-hybridized carbons (Fsp3) is 0.588. The number of para-hydroxylation sites is 1. The lowest BCUT2D eigenvalue weighted by atomic mass is 10.0. The van der Waals surface area contributed by atoms with E-state index < -0.39 is 0 Å². The summed E-state index contributed by atoms with van der Waals surface area (Å²) in [6.07, 6.45) is 3.74. The van der Waals surface area contributed by atoms with Crippen LogP contribution in [0.5, 0.6) is 5.75 Å². The highest BCUT2D eigenvalue weighted by Crippen LogP contribution is 2.25. The lowest BCUT2D eigenvalue weighted by Gasteiger charge is -2.27. The highest BCUT2D eigenvalue weighted by molar-refractivity contribution is 5.78. The molecule has 21 heavy (non-hydrogen) atoms. The summed E-state index contributed by atoms with van der Waals surface area (Å²) in [5.74, 6) is 2.08. The molecule has 4 heteroatoms. The molecule has 1 aromatic carbocycles. The van der Waals surface area contributed by atoms with Crippen LogP contribution in [0, 0.1) is 0 Å². The summed E-state index contributed by atoms with van der Waals surface area (Å²) in [4.78, 5) is 6.60. The lowest BCUT2D eigenvalue weighted by molar-refractivity contribution is 0.317. The normalized spacial score (nSPS) is 16.3. The maximum Gasteiger partial charge on any atom is 0.191 e. The van der Waals surface area contributed by atoms with E-state index >= 15 is 0 Å². The predicted molar refractivity (Wildman–Crippen MR) is 87.9 cm³/mol. The van der Waals surface area contributed by atoms with Crippen molar-refractivity contribution in [2.45, 2.75) is 39.0 Å². The van der Waals surface area contributed by atoms with Gasteiger partial charge in [0.1, 0.15) is 12.4 Å². The van der Waals surface area contributed by atoms with Crippen LogP contribution in [0.2, 0.25) is 0 Å². The zero-order valence-corrected chi connectivity index (χ0v) is 13.2. The number of hydrogen-bond donors (Lipinski definition) is 1. The molecule has 0 saturated carbocycles. The van der Waals surface area contributed by atoms with Crippen molar-refractivity contribution in [1.29, 1.82) is 0 Å². The second kappa shape index (κ2) is 7.91. The molecule has 0 spiro atoms. The van der Waals surface area contributed by atoms with Crippen LogP contribution >= 0.6 is 0 Å². The van der Waals surface area contributed by atoms with E-state index in [4.69, 9.17) is 10.5 Å². The Bertz CT molecular complexity index is 465. The van der Waals surface area contributed by atoms with E-state index in [2.05, 4.69) is 35.9 Å². The smallest absolute Gasteiger partial charge is 0.191 e. The largest absolute Gasteiger partial charge is 0.491 e. The van der Waals surface area contributed by atoms with Crippen LogP contribution in [0.15, 0.2) is 29.3 Å². The van der Waals surface area contributed by atoms with Gasteiger partial charge in [0.2, 0.25) is 0 Å². The Morgan fingerprint density at radius 3 is 2.67 bits per heavy atom. The zero-order valence-electron chi connectivity index (χ0n) is 13.2. The van der Waals surface area contributed by atoms with Gasteiger partial charge < -0.3 is 15.4 Å². The average Bonchev–Trinajstić information content (AvgIpc) is 2.52. The number of aliphatic imine (C=N–C) groups is 1. The third-order valence-corrected chi connectivity index (χ3v) is 3.84. The summed E-state index contributed by atoms with van der Waals surface area (Å²) in [5, 5.41) is 0. The number of ether oxygens (including phenoxy) is 1. The quantitative estimate of drug-likeness (QED) is 0.515. The van der Waals surface area contributed by atoms with Gasteiger partial charge in [-0.2, -0.15) is 0 Å². The number of likely N-dealkylation sites (tertiary alicyclic amines) is 1. The third-order valence-electron chi connectivity index (χ3n) is 3.84. The summed E-state index contributed by atoms with van der Waals surface area (Å²) < 4.78 is 5.86. The molecular weight excluding hydrogens is 262 g/mol. The minimum absolute atomic E-state index is 0.461. The van der Waals surface area contributed by atoms with Gasteiger partial charge in [-0.25, -0.2) is 4.99 Å². The van der Waals surface area contributed by atoms with Crippen LogP contribution in [0.1, 0.15) is 44.6 Å². The number of piperidine rings is 1. The number of nitrogens with two attached hydrogens (primary N) is 1. The maximum atomic E-state index is 6.03. The van der Waals surface area contributed by atoms with Gasteiger partial charge in [-0.3, -0.25) is 0 Å². The molecule has 4 nitrogen and oxygen atoms in total. The van der Waals surface area contributed by atoms with Crippen LogP contribution in [0.25, 0.3) is 0 Å². The molecule has 2 N–H and O–H groups in total. The molecule has 1 aromatic rings. The van der Waals surface area contributed by atoms with E-state index in [1.807, 2.05) is 12.1 Å². The fourth-order valence-corrected chi connectivity index (χ4v) is 2.63. The minimum Gasteiger partial charge on any atom is -0.491 e. The summed E-state index contributed by atoms with van der Waals surface area (Å²) in [6, 6.07) is 8.19. The van der Waals surface area contributed by atoms with Gasteiger partial charge in [0.15, 0.2) is 5.96 Å². The first-order valence-corrected chi connectivity index (χ1v) is 7.95. The molecule has 116 valence electrons. The molecule has 0 unspecified atom stereocenters. The zero-order chi connectivity index (χ0) is 15.1. The Hall–Kier alpha value is -1.71. The highest BCUT2D eigenvalue weighted by Gasteiger charge is 2.11. The van der Waals surface area contributed by atoms with E-state index in [0.29, 0.717) is 25.0 Å². The third kappa shape index (κ3) is 4.66. The fourth-order valence-electron chi connectivity index (χ4n) is 2.63. The average molecular weight is 289 g/mol. The van der Waals surface area contributed by atoms with Crippen LogP contribution in [-0.4, -0.2) is 37.1 Å². The molecule has 0 radical (unpaired) electrons. The highest BCUT2D eigenvalue weighted by atomic mass is 16.5. The summed E-state index contributed by atoms with van der Waals surface area (Å²) >= 11 is 0. The molecule has 0 aliphatic carbocycles. The van der Waals surface area contributed by atoms with Gasteiger partial charge in [-0.15, -0.1) is 0 Å². The lowest BCUT2D eigenvalue weighted by Crippen LogP contribution is -2.41. The molecule has 1 aliphatic heterocycles. The van der Waals surface area contributed by atoms with E-state index in [9.17, 15) is 0 Å². The molecule has 1 saturated heterocycles. The summed E-state index contributed by atoms with van der Waals surface area (Å²) in [5.41, 5.74) is 7.27. The molecule has 1 heterocycles. The van der Waals surface area contributed by atoms with E-state index in [1.54, 1.807) is 0 Å². The number of guanidine groups is 1. The van der Waals surface area contributed by atoms with Crippen molar-refractivity contribution < 1.29 is 4.74 Å². The van der Waals surface area contributed by atoms with E-state index in [1.165, 1.54) is 24.8 Å². The number of hydrogen-bond acceptors (Lipinski definition) is 2. The molecule has 2 rings (SSSR count). The monoisotopic (exact) mass is 289 g/mol. The van der Waals surface area contributed by atoms with Gasteiger partial charge in [-0.05, 0) is 36.8 Å². The van der Waals surface area contributed by atoms with Crippen molar-refractivity contribution >= 4 is 5.96 Å². The maximum absolute atomic E-state index is 6.03. The molecule has 0 amide bonds. The van der Waals surface area contributed by atoms with Crippen molar-refractivity contribution in [2.24, 2.45) is 10.7 Å². The summed E-state index contributed by atoms with van der Waals surface area (Å²) in [6.45, 7) is 7.59. The van der Waals surface area contributed by atoms with Crippen LogP contribution < -0.4 is 10.5 Å². The van der Waals surface area contributed by atoms with Gasteiger partial charge in [-0.1, -0.05) is 32.0 Å². The van der Waals surface area contributed by atoms with Crippen molar-refractivity contribution in [3.05, 3.63) is 29.8 Å². The molecule has 0 atom stereocenters. The number of nitrogens with zero attached hydrogens (tertiary/aromatic N) is 2. The Morgan fingerprint density at radius 2 is 1.95 bits per heavy atom. The van der Waals surface area contributed by atoms with E-state index in [-0.39, 0.29) is 0 Å². The predicted octanol–water partition coefficient (Wildman–Crippen LogP) is 2.99. The Balaban J connectivity index is 1.81. The molecular formula is C17H27N3O. The SMILES string of the molecule is CC(C)c1ccccc1OCCN=C(N)N1CCCCC1.